The maximum Gasteiger partial charge on any atom is 0.125 e. The van der Waals surface area contributed by atoms with Gasteiger partial charge in [-0.25, -0.2) is 4.98 Å². The highest BCUT2D eigenvalue weighted by Gasteiger charge is 2.20. The Morgan fingerprint density at radius 3 is 2.03 bits per heavy atom. The van der Waals surface area contributed by atoms with Gasteiger partial charge in [-0.05, 0) is 76.7 Å². The highest BCUT2D eigenvalue weighted by atomic mass is 35.5. The normalized spacial score (nSPS) is 11.1. The summed E-state index contributed by atoms with van der Waals surface area (Å²) in [5.41, 5.74) is 10.3. The largest absolute Gasteiger partial charge is 0.236 e. The Morgan fingerprint density at radius 1 is 0.600 bits per heavy atom. The minimum Gasteiger partial charge on any atom is -0.236 e. The van der Waals surface area contributed by atoms with Gasteiger partial charge in [0.05, 0.1) is 10.2 Å². The van der Waals surface area contributed by atoms with Crippen LogP contribution in [0.25, 0.3) is 54.2 Å². The zero-order valence-electron chi connectivity index (χ0n) is 19.2. The third-order valence-corrected chi connectivity index (χ3v) is 7.54. The summed E-state index contributed by atoms with van der Waals surface area (Å²) in [7, 11) is 0. The predicted octanol–water partition coefficient (Wildman–Crippen LogP) is 9.93. The van der Waals surface area contributed by atoms with Gasteiger partial charge in [-0.2, -0.15) is 0 Å². The lowest BCUT2D eigenvalue weighted by atomic mass is 9.88. The monoisotopic (exact) mass is 487 g/mol. The first-order chi connectivity index (χ1) is 17.2. The van der Waals surface area contributed by atoms with Gasteiger partial charge in [0, 0.05) is 10.6 Å². The van der Waals surface area contributed by atoms with Crippen molar-refractivity contribution in [2.24, 2.45) is 0 Å². The molecule has 0 unspecified atom stereocenters. The van der Waals surface area contributed by atoms with Crippen LogP contribution in [0.15, 0.2) is 115 Å². The number of benzene rings is 5. The van der Waals surface area contributed by atoms with Gasteiger partial charge in [0.1, 0.15) is 5.01 Å². The van der Waals surface area contributed by atoms with Crippen molar-refractivity contribution < 1.29 is 0 Å². The minimum absolute atomic E-state index is 0.722. The highest BCUT2D eigenvalue weighted by Crippen LogP contribution is 2.45. The molecule has 0 atom stereocenters. The number of halogens is 1. The van der Waals surface area contributed by atoms with E-state index in [0.717, 1.165) is 32.2 Å². The lowest BCUT2D eigenvalue weighted by Crippen LogP contribution is -1.93. The Labute approximate surface area is 214 Å². The first kappa shape index (κ1) is 21.8. The number of nitrogens with zero attached hydrogens (tertiary/aromatic N) is 1. The molecule has 0 aliphatic rings. The average molecular weight is 488 g/mol. The molecule has 0 aliphatic heterocycles. The fraction of sp³-hybridized carbons (Fsp3) is 0.0312. The topological polar surface area (TPSA) is 12.9 Å². The van der Waals surface area contributed by atoms with Crippen molar-refractivity contribution in [3.63, 3.8) is 0 Å². The zero-order valence-corrected chi connectivity index (χ0v) is 20.8. The fourth-order valence-corrected chi connectivity index (χ4v) is 5.72. The molecule has 0 N–H and O–H groups in total. The minimum atomic E-state index is 0.722. The molecule has 0 bridgehead atoms. The summed E-state index contributed by atoms with van der Waals surface area (Å²) < 4.78 is 1.18. The fourth-order valence-electron chi connectivity index (χ4n) is 4.49. The van der Waals surface area contributed by atoms with Crippen LogP contribution in [-0.2, 0) is 0 Å². The van der Waals surface area contributed by atoms with Gasteiger partial charge in [0.25, 0.3) is 0 Å². The average Bonchev–Trinajstić information content (AvgIpc) is 3.33. The summed E-state index contributed by atoms with van der Waals surface area (Å²) in [4.78, 5) is 5.08. The van der Waals surface area contributed by atoms with Crippen molar-refractivity contribution in [1.82, 2.24) is 4.98 Å². The van der Waals surface area contributed by atoms with E-state index < -0.39 is 0 Å². The molecule has 1 aromatic heterocycles. The van der Waals surface area contributed by atoms with Crippen LogP contribution in [0.4, 0.5) is 0 Å². The molecule has 3 heteroatoms. The third-order valence-electron chi connectivity index (χ3n) is 6.25. The van der Waals surface area contributed by atoms with Gasteiger partial charge in [-0.3, -0.25) is 0 Å². The van der Waals surface area contributed by atoms with Crippen molar-refractivity contribution in [3.05, 3.63) is 126 Å². The van der Waals surface area contributed by atoms with Crippen LogP contribution in [-0.4, -0.2) is 4.98 Å². The molecule has 0 amide bonds. The van der Waals surface area contributed by atoms with Crippen LogP contribution in [0.2, 0.25) is 5.02 Å². The molecule has 0 saturated carbocycles. The molecule has 6 aromatic rings. The Hall–Kier alpha value is -3.72. The summed E-state index contributed by atoms with van der Waals surface area (Å²) in [5, 5.41) is 1.73. The third kappa shape index (κ3) is 4.27. The summed E-state index contributed by atoms with van der Waals surface area (Å²) in [6.45, 7) is 2.12. The molecule has 0 saturated heterocycles. The van der Waals surface area contributed by atoms with E-state index in [1.807, 2.05) is 24.3 Å². The Kier molecular flexibility index (Phi) is 5.69. The summed E-state index contributed by atoms with van der Waals surface area (Å²) in [6, 6.07) is 40.3. The molecule has 35 heavy (non-hydrogen) atoms. The second-order valence-electron chi connectivity index (χ2n) is 8.68. The lowest BCUT2D eigenvalue weighted by Gasteiger charge is -2.17. The quantitative estimate of drug-likeness (QED) is 0.241. The number of aryl methyl sites for hydroxylation is 1. The van der Waals surface area contributed by atoms with Crippen molar-refractivity contribution in [1.29, 1.82) is 0 Å². The molecule has 0 radical (unpaired) electrons. The smallest absolute Gasteiger partial charge is 0.125 e. The van der Waals surface area contributed by atoms with Gasteiger partial charge in [-0.15, -0.1) is 11.3 Å². The number of thiazole rings is 1. The summed E-state index contributed by atoms with van der Waals surface area (Å²) >= 11 is 8.21. The maximum absolute atomic E-state index is 6.48. The van der Waals surface area contributed by atoms with Crippen LogP contribution in [0, 0.1) is 6.92 Å². The number of hydrogen-bond donors (Lipinski definition) is 0. The molecule has 168 valence electrons. The van der Waals surface area contributed by atoms with E-state index in [-0.39, 0.29) is 0 Å². The molecule has 1 heterocycles. The van der Waals surface area contributed by atoms with Gasteiger partial charge in [-0.1, -0.05) is 96.0 Å². The van der Waals surface area contributed by atoms with E-state index >= 15 is 0 Å². The Bertz CT molecular complexity index is 1620. The molecular weight excluding hydrogens is 466 g/mol. The van der Waals surface area contributed by atoms with Crippen molar-refractivity contribution in [2.45, 2.75) is 6.92 Å². The van der Waals surface area contributed by atoms with Crippen molar-refractivity contribution in [3.8, 4) is 44.0 Å². The number of rotatable bonds is 4. The first-order valence-corrected chi connectivity index (χ1v) is 12.8. The van der Waals surface area contributed by atoms with E-state index in [0.29, 0.717) is 0 Å². The van der Waals surface area contributed by atoms with Crippen LogP contribution >= 0.6 is 22.9 Å². The van der Waals surface area contributed by atoms with Crippen LogP contribution < -0.4 is 0 Å². The van der Waals surface area contributed by atoms with Crippen molar-refractivity contribution >= 4 is 33.2 Å². The predicted molar refractivity (Wildman–Crippen MR) is 151 cm³/mol. The maximum atomic E-state index is 6.48. The first-order valence-electron chi connectivity index (χ1n) is 11.6. The standard InChI is InChI=1S/C32H22ClNS/c1-21-14-16-23(17-15-21)27-19-25(22-8-3-2-4-9-22)20-28(24-10-7-11-26(33)18-24)31(27)32-34-29-12-5-6-13-30(29)35-32/h2-20H,1H3. The zero-order chi connectivity index (χ0) is 23.8. The Morgan fingerprint density at radius 2 is 1.29 bits per heavy atom. The van der Waals surface area contributed by atoms with E-state index in [1.165, 1.54) is 32.5 Å². The van der Waals surface area contributed by atoms with E-state index in [1.54, 1.807) is 11.3 Å². The SMILES string of the molecule is Cc1ccc(-c2cc(-c3ccccc3)cc(-c3cccc(Cl)c3)c2-c2nc3ccccc3s2)cc1. The number of para-hydroxylation sites is 1. The summed E-state index contributed by atoms with van der Waals surface area (Å²) in [5.74, 6) is 0. The van der Waals surface area contributed by atoms with Gasteiger partial charge >= 0.3 is 0 Å². The van der Waals surface area contributed by atoms with Gasteiger partial charge in [0.2, 0.25) is 0 Å². The second-order valence-corrected chi connectivity index (χ2v) is 10.1. The summed E-state index contributed by atoms with van der Waals surface area (Å²) in [6.07, 6.45) is 0. The van der Waals surface area contributed by atoms with Crippen LogP contribution in [0.1, 0.15) is 5.56 Å². The van der Waals surface area contributed by atoms with Crippen molar-refractivity contribution in [2.75, 3.05) is 0 Å². The van der Waals surface area contributed by atoms with Crippen LogP contribution in [0.3, 0.4) is 0 Å². The van der Waals surface area contributed by atoms with E-state index in [9.17, 15) is 0 Å². The molecular formula is C32H22ClNS. The molecule has 1 nitrogen and oxygen atoms in total. The number of hydrogen-bond acceptors (Lipinski definition) is 2. The van der Waals surface area contributed by atoms with Gasteiger partial charge in [0.15, 0.2) is 0 Å². The Balaban J connectivity index is 1.72. The van der Waals surface area contributed by atoms with E-state index in [2.05, 4.69) is 97.9 Å². The van der Waals surface area contributed by atoms with Gasteiger partial charge < -0.3 is 0 Å². The second kappa shape index (κ2) is 9.14. The molecule has 0 fully saturated rings. The molecule has 0 spiro atoms. The number of fused-ring (bicyclic) bond motifs is 1. The van der Waals surface area contributed by atoms with E-state index in [4.69, 9.17) is 16.6 Å². The molecule has 6 rings (SSSR count). The number of aromatic nitrogens is 1. The van der Waals surface area contributed by atoms with Crippen LogP contribution in [0.5, 0.6) is 0 Å². The molecule has 5 aromatic carbocycles. The highest BCUT2D eigenvalue weighted by molar-refractivity contribution is 7.21. The molecule has 0 aliphatic carbocycles. The lowest BCUT2D eigenvalue weighted by molar-refractivity contribution is 1.45.